The predicted molar refractivity (Wildman–Crippen MR) is 211 cm³/mol. The third-order valence-electron chi connectivity index (χ3n) is 10.4. The van der Waals surface area contributed by atoms with Crippen LogP contribution in [0.2, 0.25) is 0 Å². The van der Waals surface area contributed by atoms with Crippen LogP contribution in [0.3, 0.4) is 0 Å². The molecule has 0 fully saturated rings. The second kappa shape index (κ2) is 12.1. The van der Waals surface area contributed by atoms with Gasteiger partial charge >= 0.3 is 0 Å². The number of rotatable bonds is 5. The van der Waals surface area contributed by atoms with Crippen molar-refractivity contribution < 1.29 is 9.47 Å². The maximum Gasteiger partial charge on any atom is 0.170 e. The Bertz CT molecular complexity index is 2700. The van der Waals surface area contributed by atoms with Crippen molar-refractivity contribution in [1.29, 1.82) is 0 Å². The van der Waals surface area contributed by atoms with Crippen molar-refractivity contribution in [3.05, 3.63) is 175 Å². The quantitative estimate of drug-likeness (QED) is 0.181. The SMILES string of the molecule is CC1(C)c2ccccc2-c2cc3c(cc21)Oc1ccc(-c2ccccc2-c2cc(-c4cccc(-c5ccccn5)c4)nc(-c4ccccc4)n2)cc1O3. The zero-order chi connectivity index (χ0) is 35.5. The monoisotopic (exact) mass is 683 g/mol. The van der Waals surface area contributed by atoms with Gasteiger partial charge < -0.3 is 9.47 Å². The molecule has 252 valence electrons. The predicted octanol–water partition coefficient (Wildman–Crippen LogP) is 12.4. The summed E-state index contributed by atoms with van der Waals surface area (Å²) in [5.74, 6) is 3.48. The summed E-state index contributed by atoms with van der Waals surface area (Å²) in [7, 11) is 0. The molecule has 0 radical (unpaired) electrons. The molecule has 0 saturated heterocycles. The number of pyridine rings is 1. The number of aromatic nitrogens is 3. The summed E-state index contributed by atoms with van der Waals surface area (Å²) in [5, 5.41) is 0. The fourth-order valence-corrected chi connectivity index (χ4v) is 7.72. The Kier molecular flexibility index (Phi) is 7.08. The molecule has 6 aromatic carbocycles. The van der Waals surface area contributed by atoms with E-state index in [2.05, 4.69) is 122 Å². The summed E-state index contributed by atoms with van der Waals surface area (Å²) < 4.78 is 13.2. The topological polar surface area (TPSA) is 57.1 Å². The van der Waals surface area contributed by atoms with Gasteiger partial charge in [-0.3, -0.25) is 4.98 Å². The molecule has 5 nitrogen and oxygen atoms in total. The smallest absolute Gasteiger partial charge is 0.170 e. The number of hydrogen-bond acceptors (Lipinski definition) is 5. The molecule has 0 spiro atoms. The van der Waals surface area contributed by atoms with E-state index in [4.69, 9.17) is 19.4 Å². The van der Waals surface area contributed by atoms with Crippen molar-refractivity contribution in [2.75, 3.05) is 0 Å². The minimum Gasteiger partial charge on any atom is -0.450 e. The maximum absolute atomic E-state index is 6.64. The first kappa shape index (κ1) is 30.9. The largest absolute Gasteiger partial charge is 0.450 e. The number of ether oxygens (including phenoxy) is 2. The molecule has 53 heavy (non-hydrogen) atoms. The molecule has 2 aliphatic rings. The first-order chi connectivity index (χ1) is 26.0. The van der Waals surface area contributed by atoms with Gasteiger partial charge in [-0.15, -0.1) is 0 Å². The normalized spacial score (nSPS) is 13.2. The summed E-state index contributed by atoms with van der Waals surface area (Å²) in [5.41, 5.74) is 13.4. The Balaban J connectivity index is 1.06. The van der Waals surface area contributed by atoms with Crippen molar-refractivity contribution in [2.24, 2.45) is 0 Å². The standard InChI is InChI=1S/C48H33N3O2/c1-48(2)38-20-9-8-18-35(38)37-27-45-46(28-39(37)48)52-43-23-22-31(26-44(43)53-45)34-17-6-7-19-36(34)42-29-41(50-47(51-42)30-13-4-3-5-14-30)33-16-12-15-32(25-33)40-21-10-11-24-49-40/h3-29H,1-2H3. The van der Waals surface area contributed by atoms with Crippen LogP contribution in [0, 0.1) is 0 Å². The van der Waals surface area contributed by atoms with Gasteiger partial charge in [0.05, 0.1) is 17.1 Å². The van der Waals surface area contributed by atoms with Crippen molar-refractivity contribution >= 4 is 0 Å². The molecule has 0 atom stereocenters. The molecule has 5 heteroatoms. The van der Waals surface area contributed by atoms with E-state index >= 15 is 0 Å². The summed E-state index contributed by atoms with van der Waals surface area (Å²) in [6.45, 7) is 4.54. The first-order valence-corrected chi connectivity index (χ1v) is 17.8. The molecule has 0 N–H and O–H groups in total. The fraction of sp³-hybridized carbons (Fsp3) is 0.0625. The van der Waals surface area contributed by atoms with Gasteiger partial charge in [0.2, 0.25) is 0 Å². The fourth-order valence-electron chi connectivity index (χ4n) is 7.72. The first-order valence-electron chi connectivity index (χ1n) is 17.8. The van der Waals surface area contributed by atoms with Crippen LogP contribution in [-0.4, -0.2) is 15.0 Å². The van der Waals surface area contributed by atoms with Crippen LogP contribution >= 0.6 is 0 Å². The van der Waals surface area contributed by atoms with Crippen LogP contribution in [0.25, 0.3) is 67.4 Å². The highest BCUT2D eigenvalue weighted by Gasteiger charge is 2.37. The van der Waals surface area contributed by atoms with E-state index in [9.17, 15) is 0 Å². The lowest BCUT2D eigenvalue weighted by Gasteiger charge is -2.25. The molecule has 8 aromatic rings. The highest BCUT2D eigenvalue weighted by molar-refractivity contribution is 5.86. The third kappa shape index (κ3) is 5.28. The van der Waals surface area contributed by atoms with Gasteiger partial charge in [0.25, 0.3) is 0 Å². The van der Waals surface area contributed by atoms with Crippen LogP contribution in [0.5, 0.6) is 23.0 Å². The van der Waals surface area contributed by atoms with Gasteiger partial charge in [0.15, 0.2) is 28.8 Å². The Hall–Kier alpha value is -6.85. The number of hydrogen-bond donors (Lipinski definition) is 0. The van der Waals surface area contributed by atoms with E-state index < -0.39 is 0 Å². The van der Waals surface area contributed by atoms with Gasteiger partial charge in [0.1, 0.15) is 0 Å². The summed E-state index contributed by atoms with van der Waals surface area (Å²) in [6.07, 6.45) is 1.82. The molecule has 2 aromatic heterocycles. The van der Waals surface area contributed by atoms with E-state index in [0.717, 1.165) is 62.0 Å². The van der Waals surface area contributed by atoms with Gasteiger partial charge in [-0.05, 0) is 81.9 Å². The molecular weight excluding hydrogens is 651 g/mol. The Morgan fingerprint density at radius 3 is 1.89 bits per heavy atom. The molecule has 10 rings (SSSR count). The Labute approximate surface area is 308 Å². The van der Waals surface area contributed by atoms with Gasteiger partial charge in [-0.1, -0.05) is 123 Å². The lowest BCUT2D eigenvalue weighted by molar-refractivity contribution is 0.359. The van der Waals surface area contributed by atoms with Gasteiger partial charge in [-0.2, -0.15) is 0 Å². The average Bonchev–Trinajstić information content (AvgIpc) is 3.44. The van der Waals surface area contributed by atoms with Crippen LogP contribution in [-0.2, 0) is 5.41 Å². The lowest BCUT2D eigenvalue weighted by atomic mass is 9.82. The zero-order valence-electron chi connectivity index (χ0n) is 29.2. The molecule has 0 unspecified atom stereocenters. The molecular formula is C48H33N3O2. The van der Waals surface area contributed by atoms with Gasteiger partial charge in [0, 0.05) is 33.9 Å². The second-order valence-corrected chi connectivity index (χ2v) is 14.1. The molecule has 0 saturated carbocycles. The van der Waals surface area contributed by atoms with Crippen molar-refractivity contribution in [1.82, 2.24) is 15.0 Å². The average molecular weight is 684 g/mol. The minimum absolute atomic E-state index is 0.124. The summed E-state index contributed by atoms with van der Waals surface area (Å²) in [4.78, 5) is 14.8. The molecule has 0 bridgehead atoms. The molecule has 0 amide bonds. The maximum atomic E-state index is 6.64. The number of fused-ring (bicyclic) bond motifs is 5. The highest BCUT2D eigenvalue weighted by Crippen LogP contribution is 2.55. The van der Waals surface area contributed by atoms with Crippen LogP contribution in [0.4, 0.5) is 0 Å². The highest BCUT2D eigenvalue weighted by atomic mass is 16.6. The van der Waals surface area contributed by atoms with E-state index in [1.165, 1.54) is 22.3 Å². The van der Waals surface area contributed by atoms with Gasteiger partial charge in [-0.25, -0.2) is 9.97 Å². The van der Waals surface area contributed by atoms with E-state index in [-0.39, 0.29) is 5.41 Å². The second-order valence-electron chi connectivity index (χ2n) is 14.1. The van der Waals surface area contributed by atoms with E-state index in [1.807, 2.05) is 60.8 Å². The lowest BCUT2D eigenvalue weighted by Crippen LogP contribution is -2.15. The van der Waals surface area contributed by atoms with E-state index in [0.29, 0.717) is 17.3 Å². The Morgan fingerprint density at radius 2 is 1.06 bits per heavy atom. The van der Waals surface area contributed by atoms with Crippen molar-refractivity contribution in [3.8, 4) is 90.4 Å². The Morgan fingerprint density at radius 1 is 0.396 bits per heavy atom. The van der Waals surface area contributed by atoms with Crippen LogP contribution in [0.1, 0.15) is 25.0 Å². The van der Waals surface area contributed by atoms with E-state index in [1.54, 1.807) is 0 Å². The van der Waals surface area contributed by atoms with Crippen LogP contribution < -0.4 is 9.47 Å². The molecule has 1 aliphatic heterocycles. The zero-order valence-corrected chi connectivity index (χ0v) is 29.2. The molecule has 3 heterocycles. The van der Waals surface area contributed by atoms with Crippen molar-refractivity contribution in [3.63, 3.8) is 0 Å². The van der Waals surface area contributed by atoms with Crippen molar-refractivity contribution in [2.45, 2.75) is 19.3 Å². The van der Waals surface area contributed by atoms with Crippen LogP contribution in [0.15, 0.2) is 164 Å². The third-order valence-corrected chi connectivity index (χ3v) is 10.4. The molecule has 1 aliphatic carbocycles. The summed E-state index contributed by atoms with van der Waals surface area (Å²) >= 11 is 0. The number of benzene rings is 6. The number of nitrogens with zero attached hydrogens (tertiary/aromatic N) is 3. The summed E-state index contributed by atoms with van der Waals surface area (Å²) in [6, 6.07) is 54.0. The minimum atomic E-state index is -0.124.